The lowest BCUT2D eigenvalue weighted by atomic mass is 9.99. The Bertz CT molecular complexity index is 509. The number of hydrogen-bond donors (Lipinski definition) is 1. The first-order valence-corrected chi connectivity index (χ1v) is 8.53. The minimum Gasteiger partial charge on any atom is -0.369 e. The third-order valence-corrected chi connectivity index (χ3v) is 4.96. The van der Waals surface area contributed by atoms with Gasteiger partial charge in [0.2, 0.25) is 0 Å². The fourth-order valence-electron chi connectivity index (χ4n) is 3.32. The molecular formula is C15H22Cl2N4. The molecule has 1 unspecified atom stereocenters. The van der Waals surface area contributed by atoms with Crippen molar-refractivity contribution in [3.63, 3.8) is 0 Å². The Morgan fingerprint density at radius 3 is 2.90 bits per heavy atom. The maximum atomic E-state index is 6.38. The molecule has 2 aliphatic heterocycles. The Kier molecular flexibility index (Phi) is 4.77. The van der Waals surface area contributed by atoms with Crippen LogP contribution in [0.1, 0.15) is 26.2 Å². The van der Waals surface area contributed by atoms with Crippen molar-refractivity contribution in [2.45, 2.75) is 32.2 Å². The van der Waals surface area contributed by atoms with Crippen molar-refractivity contribution in [2.75, 3.05) is 42.9 Å². The number of piperazine rings is 1. The fourth-order valence-corrected chi connectivity index (χ4v) is 3.86. The quantitative estimate of drug-likeness (QED) is 0.920. The molecule has 6 heteroatoms. The monoisotopic (exact) mass is 328 g/mol. The second-order valence-electron chi connectivity index (χ2n) is 5.79. The second kappa shape index (κ2) is 6.59. The van der Waals surface area contributed by atoms with Gasteiger partial charge in [0.15, 0.2) is 0 Å². The van der Waals surface area contributed by atoms with E-state index in [0.717, 1.165) is 37.8 Å². The molecular weight excluding hydrogens is 307 g/mol. The van der Waals surface area contributed by atoms with Crippen LogP contribution in [0.15, 0.2) is 6.07 Å². The van der Waals surface area contributed by atoms with Crippen molar-refractivity contribution in [3.05, 3.63) is 16.1 Å². The summed E-state index contributed by atoms with van der Waals surface area (Å²) in [4.78, 5) is 9.57. The molecule has 2 fully saturated rings. The highest BCUT2D eigenvalue weighted by Gasteiger charge is 2.30. The minimum atomic E-state index is 0.585. The van der Waals surface area contributed by atoms with E-state index in [1.165, 1.54) is 25.8 Å². The molecule has 0 radical (unpaired) electrons. The first-order valence-electron chi connectivity index (χ1n) is 7.78. The number of hydrogen-bond acceptors (Lipinski definition) is 4. The zero-order valence-corrected chi connectivity index (χ0v) is 13.9. The van der Waals surface area contributed by atoms with Crippen molar-refractivity contribution in [2.24, 2.45) is 0 Å². The third-order valence-electron chi connectivity index (χ3n) is 4.39. The van der Waals surface area contributed by atoms with Gasteiger partial charge in [-0.15, -0.1) is 0 Å². The number of rotatable bonds is 3. The Balaban J connectivity index is 1.81. The predicted octanol–water partition coefficient (Wildman–Crippen LogP) is 3.49. The molecule has 0 spiro atoms. The number of anilines is 2. The summed E-state index contributed by atoms with van der Waals surface area (Å²) in [6.07, 6.45) is 3.95. The van der Waals surface area contributed by atoms with Gasteiger partial charge in [-0.2, -0.15) is 0 Å². The first-order chi connectivity index (χ1) is 10.2. The SMILES string of the molecule is CCNc1nc(N2CCN3CCCCC3C2)c(Cl)cc1Cl. The van der Waals surface area contributed by atoms with Gasteiger partial charge in [0.1, 0.15) is 11.6 Å². The van der Waals surface area contributed by atoms with Crippen LogP contribution in [0.2, 0.25) is 10.0 Å². The topological polar surface area (TPSA) is 31.4 Å². The number of aromatic nitrogens is 1. The molecule has 0 bridgehead atoms. The van der Waals surface area contributed by atoms with Gasteiger partial charge in [-0.25, -0.2) is 4.98 Å². The zero-order valence-electron chi connectivity index (χ0n) is 12.4. The Morgan fingerprint density at radius 2 is 2.10 bits per heavy atom. The summed E-state index contributed by atoms with van der Waals surface area (Å²) in [7, 11) is 0. The average Bonchev–Trinajstić information content (AvgIpc) is 2.49. The summed E-state index contributed by atoms with van der Waals surface area (Å²) in [5.74, 6) is 1.59. The number of nitrogens with one attached hydrogen (secondary N) is 1. The number of pyridine rings is 1. The molecule has 2 saturated heterocycles. The fraction of sp³-hybridized carbons (Fsp3) is 0.667. The summed E-state index contributed by atoms with van der Waals surface area (Å²) < 4.78 is 0. The highest BCUT2D eigenvalue weighted by Crippen LogP contribution is 2.33. The van der Waals surface area contributed by atoms with E-state index in [-0.39, 0.29) is 0 Å². The highest BCUT2D eigenvalue weighted by atomic mass is 35.5. The maximum Gasteiger partial charge on any atom is 0.150 e. The Morgan fingerprint density at radius 1 is 1.24 bits per heavy atom. The molecule has 3 heterocycles. The lowest BCUT2D eigenvalue weighted by Crippen LogP contribution is -2.55. The Hall–Kier alpha value is -0.710. The second-order valence-corrected chi connectivity index (χ2v) is 6.60. The molecule has 1 N–H and O–H groups in total. The van der Waals surface area contributed by atoms with E-state index in [1.54, 1.807) is 6.07 Å². The van der Waals surface area contributed by atoms with Gasteiger partial charge >= 0.3 is 0 Å². The van der Waals surface area contributed by atoms with Gasteiger partial charge in [-0.05, 0) is 32.4 Å². The lowest BCUT2D eigenvalue weighted by molar-refractivity contribution is 0.133. The molecule has 2 aliphatic rings. The van der Waals surface area contributed by atoms with Crippen LogP contribution in [0.4, 0.5) is 11.6 Å². The van der Waals surface area contributed by atoms with Crippen LogP contribution in [0.5, 0.6) is 0 Å². The molecule has 1 aromatic heterocycles. The van der Waals surface area contributed by atoms with E-state index in [4.69, 9.17) is 23.2 Å². The summed E-state index contributed by atoms with van der Waals surface area (Å²) in [5.41, 5.74) is 0. The van der Waals surface area contributed by atoms with Gasteiger partial charge in [0.05, 0.1) is 10.0 Å². The molecule has 4 nitrogen and oxygen atoms in total. The standard InChI is InChI=1S/C15H22Cl2N4/c1-2-18-14-12(16)9-13(17)15(19-14)21-8-7-20-6-4-3-5-11(20)10-21/h9,11H,2-8,10H2,1H3,(H,18,19). The normalized spacial score (nSPS) is 23.0. The van der Waals surface area contributed by atoms with Crippen LogP contribution in [-0.4, -0.2) is 48.6 Å². The van der Waals surface area contributed by atoms with Gasteiger partial charge in [0, 0.05) is 32.2 Å². The van der Waals surface area contributed by atoms with E-state index < -0.39 is 0 Å². The molecule has 1 aromatic rings. The van der Waals surface area contributed by atoms with Crippen molar-refractivity contribution < 1.29 is 0 Å². The summed E-state index contributed by atoms with van der Waals surface area (Å²) in [5, 5.41) is 4.43. The van der Waals surface area contributed by atoms with Crippen molar-refractivity contribution in [3.8, 4) is 0 Å². The number of piperidine rings is 1. The van der Waals surface area contributed by atoms with Crippen LogP contribution < -0.4 is 10.2 Å². The summed E-state index contributed by atoms with van der Waals surface area (Å²) >= 11 is 12.6. The molecule has 0 aliphatic carbocycles. The smallest absolute Gasteiger partial charge is 0.150 e. The maximum absolute atomic E-state index is 6.38. The van der Waals surface area contributed by atoms with Crippen LogP contribution in [0.3, 0.4) is 0 Å². The van der Waals surface area contributed by atoms with E-state index in [9.17, 15) is 0 Å². The molecule has 116 valence electrons. The third kappa shape index (κ3) is 3.22. The van der Waals surface area contributed by atoms with Crippen LogP contribution in [0.25, 0.3) is 0 Å². The van der Waals surface area contributed by atoms with Gasteiger partial charge in [-0.1, -0.05) is 29.6 Å². The van der Waals surface area contributed by atoms with Crippen molar-refractivity contribution in [1.82, 2.24) is 9.88 Å². The Labute approximate surface area is 136 Å². The van der Waals surface area contributed by atoms with E-state index in [2.05, 4.69) is 20.1 Å². The van der Waals surface area contributed by atoms with Crippen molar-refractivity contribution in [1.29, 1.82) is 0 Å². The van der Waals surface area contributed by atoms with Crippen LogP contribution in [0, 0.1) is 0 Å². The minimum absolute atomic E-state index is 0.585. The number of fused-ring (bicyclic) bond motifs is 1. The van der Waals surface area contributed by atoms with Crippen LogP contribution >= 0.6 is 23.2 Å². The summed E-state index contributed by atoms with van der Waals surface area (Å²) in [6, 6.07) is 2.44. The molecule has 21 heavy (non-hydrogen) atoms. The highest BCUT2D eigenvalue weighted by molar-refractivity contribution is 6.37. The van der Waals surface area contributed by atoms with Crippen LogP contribution in [-0.2, 0) is 0 Å². The van der Waals surface area contributed by atoms with Gasteiger partial charge in [-0.3, -0.25) is 4.90 Å². The molecule has 1 atom stereocenters. The first kappa shape index (κ1) is 15.2. The van der Waals surface area contributed by atoms with E-state index >= 15 is 0 Å². The molecule has 3 rings (SSSR count). The van der Waals surface area contributed by atoms with E-state index in [0.29, 0.717) is 16.1 Å². The summed E-state index contributed by atoms with van der Waals surface area (Å²) in [6.45, 7) is 7.17. The van der Waals surface area contributed by atoms with E-state index in [1.807, 2.05) is 6.92 Å². The molecule has 0 aromatic carbocycles. The molecule has 0 amide bonds. The largest absolute Gasteiger partial charge is 0.369 e. The zero-order chi connectivity index (χ0) is 14.8. The van der Waals surface area contributed by atoms with Crippen molar-refractivity contribution >= 4 is 34.8 Å². The number of nitrogens with zero attached hydrogens (tertiary/aromatic N) is 3. The van der Waals surface area contributed by atoms with Gasteiger partial charge in [0.25, 0.3) is 0 Å². The average molecular weight is 329 g/mol. The number of halogens is 2. The molecule has 0 saturated carbocycles. The predicted molar refractivity (Wildman–Crippen MR) is 89.8 cm³/mol. The lowest BCUT2D eigenvalue weighted by Gasteiger charge is -2.44. The van der Waals surface area contributed by atoms with Gasteiger partial charge < -0.3 is 10.2 Å².